The summed E-state index contributed by atoms with van der Waals surface area (Å²) in [5.41, 5.74) is -0.107. The summed E-state index contributed by atoms with van der Waals surface area (Å²) in [6.07, 6.45) is -21.1. The number of hydrogen-bond donors (Lipinski definition) is 21. The quantitative estimate of drug-likeness (QED) is 0.0164. The number of aliphatic hydroxyl groups is 10. The van der Waals surface area contributed by atoms with E-state index in [4.69, 9.17) is 28.8 Å². The maximum atomic E-state index is 14.6. The van der Waals surface area contributed by atoms with Gasteiger partial charge in [0.2, 0.25) is 70.9 Å². The molecule has 1 aliphatic rings. The Morgan fingerprint density at radius 1 is 0.554 bits per heavy atom. The van der Waals surface area contributed by atoms with Gasteiger partial charge in [-0.3, -0.25) is 72.0 Å². The number of carbonyl (C=O) groups is 16. The van der Waals surface area contributed by atoms with E-state index in [1.54, 1.807) is 89.0 Å². The van der Waals surface area contributed by atoms with Crippen LogP contribution < -0.4 is 58.5 Å². The molecule has 2 rings (SSSR count). The van der Waals surface area contributed by atoms with Crippen molar-refractivity contribution in [1.29, 1.82) is 0 Å². The third kappa shape index (κ3) is 41.8. The van der Waals surface area contributed by atoms with Gasteiger partial charge in [-0.1, -0.05) is 85.2 Å². The molecule has 0 spiro atoms. The number of esters is 2. The maximum absolute atomic E-state index is 14.6. The third-order valence-corrected chi connectivity index (χ3v) is 21.7. The fourth-order valence-electron chi connectivity index (χ4n) is 14.2. The van der Waals surface area contributed by atoms with E-state index in [1.165, 1.54) is 21.1 Å². The Labute approximate surface area is 758 Å². The van der Waals surface area contributed by atoms with E-state index in [0.29, 0.717) is 31.4 Å². The van der Waals surface area contributed by atoms with Gasteiger partial charge < -0.3 is 143 Å². The molecule has 20 atom stereocenters. The number of rotatable bonds is 61. The molecule has 4 unspecified atom stereocenters. The molecule has 0 saturated carbocycles. The summed E-state index contributed by atoms with van der Waals surface area (Å²) in [4.78, 5) is 220. The number of amides is 13. The highest BCUT2D eigenvalue weighted by atomic mass is 16.6. The van der Waals surface area contributed by atoms with Crippen LogP contribution in [-0.2, 0) is 102 Å². The lowest BCUT2D eigenvalue weighted by Gasteiger charge is -2.41. The van der Waals surface area contributed by atoms with Crippen LogP contribution in [-0.4, -0.2) is 384 Å². The largest absolute Gasteiger partial charge is 0.464 e. The number of aliphatic hydroxyl groups excluding tert-OH is 10. The Morgan fingerprint density at radius 2 is 1.12 bits per heavy atom. The zero-order valence-electron chi connectivity index (χ0n) is 77.4. The zero-order valence-corrected chi connectivity index (χ0v) is 77.4. The molecule has 130 heavy (non-hydrogen) atoms. The van der Waals surface area contributed by atoms with E-state index in [-0.39, 0.29) is 80.7 Å². The normalized spacial score (nSPS) is 17.2. The van der Waals surface area contributed by atoms with Crippen LogP contribution in [0, 0.1) is 29.6 Å². The number of hydrogen-bond acceptors (Lipinski definition) is 32. The Hall–Kier alpha value is -9.78. The lowest BCUT2D eigenvalue weighted by Crippen LogP contribution is -2.59. The summed E-state index contributed by atoms with van der Waals surface area (Å²) in [6.45, 7) is 11.7. The van der Waals surface area contributed by atoms with E-state index in [0.717, 1.165) is 0 Å². The van der Waals surface area contributed by atoms with Gasteiger partial charge in [-0.05, 0) is 90.8 Å². The van der Waals surface area contributed by atoms with Crippen molar-refractivity contribution in [3.63, 3.8) is 0 Å². The summed E-state index contributed by atoms with van der Waals surface area (Å²) >= 11 is 0. The summed E-state index contributed by atoms with van der Waals surface area (Å²) in [7, 11) is 8.19. The Morgan fingerprint density at radius 3 is 1.65 bits per heavy atom. The van der Waals surface area contributed by atoms with Gasteiger partial charge in [0.05, 0.1) is 101 Å². The minimum absolute atomic E-state index is 0.0452. The number of ketones is 1. The third-order valence-electron chi connectivity index (χ3n) is 21.7. The number of nitrogens with zero attached hydrogens (tertiary/aromatic N) is 3. The van der Waals surface area contributed by atoms with Crippen molar-refractivity contribution in [2.75, 3.05) is 114 Å². The number of likely N-dealkylation sites (tertiary alicyclic amines) is 1. The molecule has 0 radical (unpaired) electrons. The van der Waals surface area contributed by atoms with E-state index in [9.17, 15) is 123 Å². The molecule has 0 bridgehead atoms. The molecule has 740 valence electrons. The van der Waals surface area contributed by atoms with Crippen LogP contribution >= 0.6 is 0 Å². The van der Waals surface area contributed by atoms with Crippen molar-refractivity contribution in [2.24, 2.45) is 29.6 Å². The highest BCUT2D eigenvalue weighted by Gasteiger charge is 2.45. The number of methoxy groups -OCH3 is 2. The van der Waals surface area contributed by atoms with Crippen LogP contribution in [0.2, 0.25) is 0 Å². The number of nitrogens with one attached hydrogen (secondary N) is 11. The van der Waals surface area contributed by atoms with Crippen LogP contribution in [0.3, 0.4) is 0 Å². The fourth-order valence-corrected chi connectivity index (χ4v) is 14.2. The number of likely N-dealkylation sites (N-methyl/N-ethyl adjacent to an activating group) is 2. The summed E-state index contributed by atoms with van der Waals surface area (Å²) in [6, 6.07) is 1.97. The van der Waals surface area contributed by atoms with Crippen molar-refractivity contribution in [1.82, 2.24) is 73.2 Å². The molecule has 1 heterocycles. The second kappa shape index (κ2) is 59.6. The molecule has 1 aliphatic heterocycles. The van der Waals surface area contributed by atoms with E-state index >= 15 is 0 Å². The van der Waals surface area contributed by atoms with E-state index < -0.39 is 283 Å². The van der Waals surface area contributed by atoms with Crippen LogP contribution in [0.4, 0.5) is 4.79 Å². The second-order valence-corrected chi connectivity index (χ2v) is 34.2. The topological polar surface area (TPSA) is 664 Å². The first kappa shape index (κ1) is 116. The van der Waals surface area contributed by atoms with Gasteiger partial charge in [0, 0.05) is 92.0 Å². The second-order valence-electron chi connectivity index (χ2n) is 34.2. The first-order chi connectivity index (χ1) is 61.0. The molecule has 45 heteroatoms. The van der Waals surface area contributed by atoms with Crippen LogP contribution in [0.5, 0.6) is 0 Å². The SMILES string of the molecule is CC[C@H](C)[C@@H]([C@@H](CC(=O)N1CCC[C@H]1[C@H](OC)[C@@H](C)C(=O)N[C@@H](Cc1ccccc1)C(=O)NCCCOC(=O)C(C)NC(=O)CCNC(=O)OCC(NC(=O)CNC(=O)CNC(=O)CNC(=O)CCC(=O)OC(C)(C)C)C(=O)CC(CCC(=O)NC[C@H](O)[C@@H](O)[C@H](O)[C@H](O)CO)C(=O)NC[C@H](O)[C@@H](O)[C@H](O)[C@H](O)CO)OC)N(C)C(=O)C(NC(=O)[C@H](C(C)C)N(C)C)C(C)C. The van der Waals surface area contributed by atoms with Gasteiger partial charge in [0.1, 0.15) is 73.0 Å². The number of carbonyl (C=O) groups excluding carboxylic acids is 16. The molecule has 13 amide bonds. The predicted octanol–water partition coefficient (Wildman–Crippen LogP) is -6.55. The van der Waals surface area contributed by atoms with Crippen LogP contribution in [0.25, 0.3) is 0 Å². The first-order valence-corrected chi connectivity index (χ1v) is 43.6. The minimum Gasteiger partial charge on any atom is -0.464 e. The van der Waals surface area contributed by atoms with Crippen LogP contribution in [0.1, 0.15) is 152 Å². The highest BCUT2D eigenvalue weighted by Crippen LogP contribution is 2.31. The smallest absolute Gasteiger partial charge is 0.407 e. The van der Waals surface area contributed by atoms with Crippen LogP contribution in [0.15, 0.2) is 30.3 Å². The summed E-state index contributed by atoms with van der Waals surface area (Å²) < 4.78 is 27.8. The minimum atomic E-state index is -2.20. The molecular formula is C85H144N14O31. The summed E-state index contributed by atoms with van der Waals surface area (Å²) in [5.74, 6) is -14.5. The van der Waals surface area contributed by atoms with Gasteiger partial charge in [-0.15, -0.1) is 0 Å². The standard InChI is InChI=1S/C85H144N14O31/c1-17-48(6)72(98(14)82(123)70(46(2)3)96-81(122)71(47(4)5)97(12)13)61(126-15)37-68(113)99-33-21-25-55(99)77(127-16)49(7)78(119)95-53(35-51-23-19-18-20-24-51)80(121)86-31-22-34-128-83(124)50(8)93-64(109)30-32-87-84(125)129-45-54(94-67(112)42-91-66(111)41-90-65(110)40-89-63(108)28-29-69(114)130-85(9,10)11)56(102)36-52(79(120)92-39-58(104)74(116)76(118)60(106)44-101)26-27-62(107)88-38-57(103)73(115)75(117)59(105)43-100/h18-20,23-24,46-50,52-55,57-61,70-77,100-101,103-106,115-118H,17,21-22,25-45H2,1-16H3,(H,86,121)(H,87,125)(H,88,107)(H,89,108)(H,90,110)(H,91,111)(H,92,120)(H,93,109)(H,94,112)(H,95,119)(H,96,122)/t48-,49+,50?,52?,53-,54?,55-,57-,58-,59+,60+,61+,70?,71-,72-,73+,74+,75+,76+,77+/m0/s1. The molecule has 1 saturated heterocycles. The number of benzene rings is 1. The number of Topliss-reactive ketones (excluding diaryl/α,β-unsaturated/α-hetero) is 1. The molecule has 1 fully saturated rings. The maximum Gasteiger partial charge on any atom is 0.407 e. The van der Waals surface area contributed by atoms with Gasteiger partial charge in [-0.2, -0.15) is 0 Å². The average Bonchev–Trinajstić information content (AvgIpc) is 1.58. The first-order valence-electron chi connectivity index (χ1n) is 43.6. The molecule has 0 aliphatic carbocycles. The highest BCUT2D eigenvalue weighted by molar-refractivity contribution is 5.96. The Balaban J connectivity index is 2.23. The Bertz CT molecular complexity index is 3760. The van der Waals surface area contributed by atoms with Crippen molar-refractivity contribution in [3.05, 3.63) is 35.9 Å². The van der Waals surface area contributed by atoms with Gasteiger partial charge >= 0.3 is 18.0 Å². The number of ether oxygens (including phenoxy) is 5. The summed E-state index contributed by atoms with van der Waals surface area (Å²) in [5, 5.41) is 126. The van der Waals surface area contributed by atoms with E-state index in [1.807, 2.05) is 46.4 Å². The van der Waals surface area contributed by atoms with Gasteiger partial charge in [0.25, 0.3) is 0 Å². The van der Waals surface area contributed by atoms with E-state index in [2.05, 4.69) is 58.5 Å². The predicted molar refractivity (Wildman–Crippen MR) is 464 cm³/mol. The lowest BCUT2D eigenvalue weighted by atomic mass is 9.89. The van der Waals surface area contributed by atoms with Crippen molar-refractivity contribution in [3.8, 4) is 0 Å². The molecular weight excluding hydrogens is 1710 g/mol. The molecule has 1 aromatic carbocycles. The van der Waals surface area contributed by atoms with Crippen molar-refractivity contribution >= 4 is 94.7 Å². The molecule has 45 nitrogen and oxygen atoms in total. The average molecular weight is 1860 g/mol. The molecule has 0 aromatic heterocycles. The van der Waals surface area contributed by atoms with Gasteiger partial charge in [-0.25, -0.2) is 9.59 Å². The molecule has 1 aromatic rings. The molecule has 21 N–H and O–H groups in total. The van der Waals surface area contributed by atoms with Gasteiger partial charge in [0.15, 0.2) is 5.78 Å². The number of alkyl carbamates (subject to hydrolysis) is 1. The van der Waals surface area contributed by atoms with Crippen molar-refractivity contribution < 1.29 is 151 Å². The fraction of sp³-hybridized carbons (Fsp3) is 0.741. The zero-order chi connectivity index (χ0) is 98.6. The monoisotopic (exact) mass is 1860 g/mol. The Kier molecular flexibility index (Phi) is 53.3. The van der Waals surface area contributed by atoms with Crippen molar-refractivity contribution in [2.45, 2.75) is 262 Å². The lowest BCUT2D eigenvalue weighted by molar-refractivity contribution is -0.155.